The summed E-state index contributed by atoms with van der Waals surface area (Å²) in [7, 11) is 3.92. The molecule has 6 nitrogen and oxygen atoms in total. The second-order valence-electron chi connectivity index (χ2n) is 12.6. The van der Waals surface area contributed by atoms with Crippen LogP contribution in [0.2, 0.25) is 0 Å². The van der Waals surface area contributed by atoms with Crippen molar-refractivity contribution in [2.24, 2.45) is 11.3 Å². The zero-order valence-corrected chi connectivity index (χ0v) is 22.5. The quantitative estimate of drug-likeness (QED) is 0.403. The summed E-state index contributed by atoms with van der Waals surface area (Å²) in [5.74, 6) is 0.781. The third-order valence-electron chi connectivity index (χ3n) is 10.8. The third kappa shape index (κ3) is 2.94. The van der Waals surface area contributed by atoms with Gasteiger partial charge in [0.15, 0.2) is 0 Å². The maximum absolute atomic E-state index is 11.2. The Morgan fingerprint density at radius 3 is 2.73 bits per heavy atom. The number of nitrogen functional groups attached to an aromatic ring is 1. The molecule has 1 aromatic heterocycles. The predicted molar refractivity (Wildman–Crippen MR) is 146 cm³/mol. The van der Waals surface area contributed by atoms with E-state index in [0.717, 1.165) is 48.4 Å². The molecule has 2 bridgehead atoms. The minimum atomic E-state index is -0.963. The lowest BCUT2D eigenvalue weighted by Gasteiger charge is -2.61. The molecule has 3 aliphatic carbocycles. The van der Waals surface area contributed by atoms with Gasteiger partial charge in [-0.15, -0.1) is 11.6 Å². The van der Waals surface area contributed by atoms with Crippen LogP contribution in [0.1, 0.15) is 51.0 Å². The summed E-state index contributed by atoms with van der Waals surface area (Å²) in [5.41, 5.74) is 8.40. The van der Waals surface area contributed by atoms with Crippen LogP contribution in [0.3, 0.4) is 0 Å². The Bertz CT molecular complexity index is 1380. The van der Waals surface area contributed by atoms with E-state index in [1.54, 1.807) is 6.20 Å². The predicted octanol–water partition coefficient (Wildman–Crippen LogP) is 4.28. The molecule has 1 aromatic carbocycles. The standard InChI is InChI=1S/C30H36ClN3O3/c1-27-9-11-29(31)15-21-24(35)25(36)22(34(2)3)16-28(21)10-12-30(29,37-28)23(27)7-6-20(27)18-5-4-17-8-13-33-26(32)19(17)14-18/h4-6,8,13-15,22-25,35-36H,7,9-12,16H2,1-3H3,(H2,32,33). The molecule has 0 amide bonds. The molecule has 8 unspecified atom stereocenters. The number of benzene rings is 1. The average Bonchev–Trinajstić information content (AvgIpc) is 3.40. The minimum Gasteiger partial charge on any atom is -0.388 e. The van der Waals surface area contributed by atoms with Crippen molar-refractivity contribution >= 4 is 33.8 Å². The molecule has 5 aliphatic rings. The largest absolute Gasteiger partial charge is 0.388 e. The highest BCUT2D eigenvalue weighted by atomic mass is 35.5. The zero-order chi connectivity index (χ0) is 26.0. The minimum absolute atomic E-state index is 0.0896. The lowest BCUT2D eigenvalue weighted by molar-refractivity contribution is -0.199. The Morgan fingerprint density at radius 2 is 1.95 bits per heavy atom. The van der Waals surface area contributed by atoms with Crippen LogP contribution in [0.25, 0.3) is 16.3 Å². The Kier molecular flexibility index (Phi) is 4.94. The van der Waals surface area contributed by atoms with Gasteiger partial charge in [-0.05, 0) is 92.3 Å². The van der Waals surface area contributed by atoms with Crippen molar-refractivity contribution in [1.82, 2.24) is 9.88 Å². The summed E-state index contributed by atoms with van der Waals surface area (Å²) in [4.78, 5) is 5.62. The number of hydrogen-bond acceptors (Lipinski definition) is 6. The fraction of sp³-hybridized carbons (Fsp3) is 0.567. The fourth-order valence-corrected chi connectivity index (χ4v) is 9.27. The highest BCUT2D eigenvalue weighted by Crippen LogP contribution is 2.71. The molecule has 3 fully saturated rings. The normalized spacial score (nSPS) is 44.3. The van der Waals surface area contributed by atoms with Crippen LogP contribution in [-0.4, -0.2) is 68.5 Å². The van der Waals surface area contributed by atoms with Crippen molar-refractivity contribution < 1.29 is 14.9 Å². The molecule has 1 saturated heterocycles. The van der Waals surface area contributed by atoms with Crippen molar-refractivity contribution in [3.8, 4) is 0 Å². The maximum atomic E-state index is 11.2. The number of fused-ring (bicyclic) bond motifs is 2. The van der Waals surface area contributed by atoms with Gasteiger partial charge in [0.25, 0.3) is 0 Å². The number of alkyl halides is 1. The number of likely N-dealkylation sites (N-methyl/N-ethyl adjacent to an activating group) is 1. The number of nitrogens with two attached hydrogens (primary N) is 1. The van der Waals surface area contributed by atoms with Crippen molar-refractivity contribution in [1.29, 1.82) is 0 Å². The van der Waals surface area contributed by atoms with E-state index in [0.29, 0.717) is 12.2 Å². The number of ether oxygens (including phenoxy) is 1. The van der Waals surface area contributed by atoms with Gasteiger partial charge in [-0.2, -0.15) is 0 Å². The van der Waals surface area contributed by atoms with Gasteiger partial charge in [-0.3, -0.25) is 0 Å². The monoisotopic (exact) mass is 521 g/mol. The first-order valence-electron chi connectivity index (χ1n) is 13.5. The first-order valence-corrected chi connectivity index (χ1v) is 13.9. The summed E-state index contributed by atoms with van der Waals surface area (Å²) >= 11 is 7.56. The van der Waals surface area contributed by atoms with E-state index in [4.69, 9.17) is 22.1 Å². The third-order valence-corrected chi connectivity index (χ3v) is 11.4. The fourth-order valence-electron chi connectivity index (χ4n) is 8.79. The molecule has 4 N–H and O–H groups in total. The number of rotatable bonds is 2. The zero-order valence-electron chi connectivity index (χ0n) is 21.7. The number of aliphatic hydroxyl groups excluding tert-OH is 2. The lowest BCUT2D eigenvalue weighted by Crippen LogP contribution is -2.68. The number of aromatic nitrogens is 1. The van der Waals surface area contributed by atoms with E-state index < -0.39 is 28.3 Å². The molecule has 0 radical (unpaired) electrons. The summed E-state index contributed by atoms with van der Waals surface area (Å²) in [6, 6.07) is 8.36. The molecule has 7 rings (SSSR count). The van der Waals surface area contributed by atoms with Gasteiger partial charge < -0.3 is 25.6 Å². The van der Waals surface area contributed by atoms with Crippen LogP contribution >= 0.6 is 11.6 Å². The van der Waals surface area contributed by atoms with Gasteiger partial charge in [0.2, 0.25) is 0 Å². The summed E-state index contributed by atoms with van der Waals surface area (Å²) < 4.78 is 7.27. The van der Waals surface area contributed by atoms with Crippen LogP contribution in [0.5, 0.6) is 0 Å². The Balaban J connectivity index is 1.30. The first kappa shape index (κ1) is 24.1. The average molecular weight is 522 g/mol. The Morgan fingerprint density at radius 1 is 1.14 bits per heavy atom. The molecule has 2 spiro atoms. The van der Waals surface area contributed by atoms with Gasteiger partial charge in [0, 0.05) is 23.5 Å². The van der Waals surface area contributed by atoms with Gasteiger partial charge in [0.05, 0.1) is 22.2 Å². The van der Waals surface area contributed by atoms with Crippen LogP contribution in [0.4, 0.5) is 5.82 Å². The Hall–Kier alpha value is -1.96. The van der Waals surface area contributed by atoms with Crippen molar-refractivity contribution in [3.63, 3.8) is 0 Å². The number of nitrogens with zero attached hydrogens (tertiary/aromatic N) is 2. The highest BCUT2D eigenvalue weighted by Gasteiger charge is 2.73. The van der Waals surface area contributed by atoms with Gasteiger partial charge >= 0.3 is 0 Å². The lowest BCUT2D eigenvalue weighted by atomic mass is 9.54. The van der Waals surface area contributed by atoms with E-state index in [2.05, 4.69) is 42.3 Å². The van der Waals surface area contributed by atoms with Crippen molar-refractivity contribution in [3.05, 3.63) is 53.8 Å². The van der Waals surface area contributed by atoms with Crippen molar-refractivity contribution in [2.45, 2.75) is 79.8 Å². The molecular weight excluding hydrogens is 486 g/mol. The number of hydrogen-bond donors (Lipinski definition) is 3. The molecule has 2 aromatic rings. The van der Waals surface area contributed by atoms with Gasteiger partial charge in [0.1, 0.15) is 11.9 Å². The molecule has 8 atom stereocenters. The number of pyridine rings is 1. The molecule has 7 heteroatoms. The molecule has 37 heavy (non-hydrogen) atoms. The second-order valence-corrected chi connectivity index (χ2v) is 13.2. The second kappa shape index (κ2) is 7.57. The number of anilines is 1. The summed E-state index contributed by atoms with van der Waals surface area (Å²) in [6.07, 6.45) is 9.38. The van der Waals surface area contributed by atoms with E-state index >= 15 is 0 Å². The van der Waals surface area contributed by atoms with Crippen molar-refractivity contribution in [2.75, 3.05) is 19.8 Å². The van der Waals surface area contributed by atoms with E-state index in [1.165, 1.54) is 11.1 Å². The van der Waals surface area contributed by atoms with E-state index in [9.17, 15) is 10.2 Å². The highest BCUT2D eigenvalue weighted by molar-refractivity contribution is 6.26. The van der Waals surface area contributed by atoms with Crippen LogP contribution in [0, 0.1) is 11.3 Å². The van der Waals surface area contributed by atoms with Gasteiger partial charge in [-0.1, -0.05) is 31.2 Å². The summed E-state index contributed by atoms with van der Waals surface area (Å²) in [5, 5.41) is 24.3. The topological polar surface area (TPSA) is 91.8 Å². The molecular formula is C30H36ClN3O3. The number of aliphatic hydroxyl groups is 2. The SMILES string of the molecule is CN(C)C1CC23CCC4(O2)C2CC=C(c5ccc6ccnc(N)c6c5)C2(C)CCC4(Cl)C=C3C(O)C1O. The molecule has 2 saturated carbocycles. The van der Waals surface area contributed by atoms with E-state index in [-0.39, 0.29) is 17.4 Å². The number of allylic oxidation sites excluding steroid dienone is 2. The summed E-state index contributed by atoms with van der Waals surface area (Å²) in [6.45, 7) is 2.38. The molecule has 3 heterocycles. The first-order chi connectivity index (χ1) is 17.5. The van der Waals surface area contributed by atoms with Crippen LogP contribution < -0.4 is 5.73 Å². The van der Waals surface area contributed by atoms with Gasteiger partial charge in [-0.25, -0.2) is 4.98 Å². The molecule has 2 aliphatic heterocycles. The van der Waals surface area contributed by atoms with Crippen LogP contribution in [0.15, 0.2) is 48.2 Å². The smallest absolute Gasteiger partial charge is 0.131 e. The van der Waals surface area contributed by atoms with Crippen LogP contribution in [-0.2, 0) is 4.74 Å². The van der Waals surface area contributed by atoms with E-state index in [1.807, 2.05) is 25.1 Å². The maximum Gasteiger partial charge on any atom is 0.131 e. The molecule has 196 valence electrons. The Labute approximate surface area is 223 Å². The number of halogens is 1.